The first kappa shape index (κ1) is 22.4. The third-order valence-electron chi connectivity index (χ3n) is 7.02. The monoisotopic (exact) mass is 482 g/mol. The van der Waals surface area contributed by atoms with Crippen molar-refractivity contribution in [1.29, 1.82) is 0 Å². The number of fused-ring (bicyclic) bond motifs is 1. The Bertz CT molecular complexity index is 1340. The Hall–Kier alpha value is -4.04. The van der Waals surface area contributed by atoms with Crippen LogP contribution in [0.2, 0.25) is 0 Å². The van der Waals surface area contributed by atoms with E-state index in [1.807, 2.05) is 60.8 Å². The van der Waals surface area contributed by atoms with Gasteiger partial charge in [-0.25, -0.2) is 0 Å². The fraction of sp³-hybridized carbons (Fsp3) is 0.286. The van der Waals surface area contributed by atoms with Crippen molar-refractivity contribution in [3.05, 3.63) is 83.6 Å². The Morgan fingerprint density at radius 2 is 1.83 bits per heavy atom. The van der Waals surface area contributed by atoms with E-state index in [0.29, 0.717) is 18.5 Å². The van der Waals surface area contributed by atoms with E-state index in [1.165, 1.54) is 5.56 Å². The zero-order valence-electron chi connectivity index (χ0n) is 19.7. The van der Waals surface area contributed by atoms with Crippen LogP contribution in [0.15, 0.2) is 66.9 Å². The van der Waals surface area contributed by atoms with E-state index >= 15 is 0 Å². The number of rotatable bonds is 6. The molecule has 2 saturated heterocycles. The predicted molar refractivity (Wildman–Crippen MR) is 132 cm³/mol. The van der Waals surface area contributed by atoms with Crippen LogP contribution in [0.25, 0.3) is 11.3 Å². The molecule has 1 N–H and O–H groups in total. The summed E-state index contributed by atoms with van der Waals surface area (Å²) in [6, 6.07) is 19.1. The molecule has 3 amide bonds. The molecule has 0 radical (unpaired) electrons. The maximum Gasteiger partial charge on any atom is 0.255 e. The number of aromatic nitrogens is 1. The zero-order valence-corrected chi connectivity index (χ0v) is 19.7. The Morgan fingerprint density at radius 3 is 2.64 bits per heavy atom. The summed E-state index contributed by atoms with van der Waals surface area (Å²) in [6.07, 6.45) is 2.62. The molecule has 3 aliphatic heterocycles. The van der Waals surface area contributed by atoms with Gasteiger partial charge in [0.1, 0.15) is 17.9 Å². The SMILES string of the molecule is O=C1CCC(N2Cc3cc(-c4cc(CN5CC(Oc6ccccc6)C5)ccn4)ccc3C2=O)C(=O)N1. The van der Waals surface area contributed by atoms with E-state index in [0.717, 1.165) is 42.2 Å². The van der Waals surface area contributed by atoms with Crippen molar-refractivity contribution < 1.29 is 19.1 Å². The molecule has 2 fully saturated rings. The minimum absolute atomic E-state index is 0.169. The van der Waals surface area contributed by atoms with E-state index in [9.17, 15) is 14.4 Å². The van der Waals surface area contributed by atoms with Gasteiger partial charge in [0.05, 0.1) is 5.69 Å². The number of ether oxygens (including phenoxy) is 1. The number of hydrogen-bond donors (Lipinski definition) is 1. The lowest BCUT2D eigenvalue weighted by Gasteiger charge is -2.39. The van der Waals surface area contributed by atoms with Crippen molar-refractivity contribution in [3.63, 3.8) is 0 Å². The molecule has 8 heteroatoms. The highest BCUT2D eigenvalue weighted by Gasteiger charge is 2.39. The van der Waals surface area contributed by atoms with Crippen LogP contribution in [0.4, 0.5) is 0 Å². The Labute approximate surface area is 208 Å². The first-order chi connectivity index (χ1) is 17.5. The molecule has 0 saturated carbocycles. The maximum atomic E-state index is 13.0. The second-order valence-electron chi connectivity index (χ2n) is 9.57. The summed E-state index contributed by atoms with van der Waals surface area (Å²) in [5.41, 5.74) is 4.42. The van der Waals surface area contributed by atoms with Gasteiger partial charge in [-0.05, 0) is 53.9 Å². The van der Waals surface area contributed by atoms with Gasteiger partial charge in [0.25, 0.3) is 5.91 Å². The fourth-order valence-electron chi connectivity index (χ4n) is 5.14. The number of benzene rings is 2. The smallest absolute Gasteiger partial charge is 0.255 e. The number of piperidine rings is 1. The maximum absolute atomic E-state index is 13.0. The van der Waals surface area contributed by atoms with Crippen LogP contribution in [0.3, 0.4) is 0 Å². The summed E-state index contributed by atoms with van der Waals surface area (Å²) >= 11 is 0. The average molecular weight is 483 g/mol. The number of pyridine rings is 1. The molecule has 0 spiro atoms. The van der Waals surface area contributed by atoms with Gasteiger partial charge in [-0.15, -0.1) is 0 Å². The third-order valence-corrected chi connectivity index (χ3v) is 7.02. The summed E-state index contributed by atoms with van der Waals surface area (Å²) < 4.78 is 6.00. The average Bonchev–Trinajstić information content (AvgIpc) is 3.19. The minimum Gasteiger partial charge on any atom is -0.488 e. The van der Waals surface area contributed by atoms with Crippen LogP contribution in [0.5, 0.6) is 5.75 Å². The van der Waals surface area contributed by atoms with Crippen molar-refractivity contribution in [2.24, 2.45) is 0 Å². The van der Waals surface area contributed by atoms with Crippen molar-refractivity contribution in [2.45, 2.75) is 38.1 Å². The summed E-state index contributed by atoms with van der Waals surface area (Å²) in [6.45, 7) is 2.93. The van der Waals surface area contributed by atoms with Crippen LogP contribution in [-0.4, -0.2) is 57.7 Å². The van der Waals surface area contributed by atoms with Gasteiger partial charge >= 0.3 is 0 Å². The number of carbonyl (C=O) groups excluding carboxylic acids is 3. The lowest BCUT2D eigenvalue weighted by atomic mass is 10.0. The number of nitrogens with one attached hydrogen (secondary N) is 1. The number of carbonyl (C=O) groups is 3. The van der Waals surface area contributed by atoms with Crippen molar-refractivity contribution in [2.75, 3.05) is 13.1 Å². The van der Waals surface area contributed by atoms with Crippen LogP contribution < -0.4 is 10.1 Å². The van der Waals surface area contributed by atoms with Gasteiger partial charge < -0.3 is 9.64 Å². The van der Waals surface area contributed by atoms with Crippen LogP contribution in [0, 0.1) is 0 Å². The number of likely N-dealkylation sites (tertiary alicyclic amines) is 1. The molecule has 0 aliphatic carbocycles. The van der Waals surface area contributed by atoms with Crippen LogP contribution >= 0.6 is 0 Å². The van der Waals surface area contributed by atoms with Gasteiger partial charge in [0.2, 0.25) is 11.8 Å². The number of imide groups is 1. The number of nitrogens with zero attached hydrogens (tertiary/aromatic N) is 3. The lowest BCUT2D eigenvalue weighted by molar-refractivity contribution is -0.136. The molecule has 6 rings (SSSR count). The third kappa shape index (κ3) is 4.35. The highest BCUT2D eigenvalue weighted by Crippen LogP contribution is 2.31. The minimum atomic E-state index is -0.612. The first-order valence-electron chi connectivity index (χ1n) is 12.2. The summed E-state index contributed by atoms with van der Waals surface area (Å²) in [7, 11) is 0. The van der Waals surface area contributed by atoms with Gasteiger partial charge in [-0.3, -0.25) is 29.6 Å². The lowest BCUT2D eigenvalue weighted by Crippen LogP contribution is -2.53. The van der Waals surface area contributed by atoms with E-state index in [4.69, 9.17) is 4.74 Å². The molecule has 182 valence electrons. The molecule has 0 bridgehead atoms. The van der Waals surface area contributed by atoms with Gasteiger partial charge in [-0.2, -0.15) is 0 Å². The largest absolute Gasteiger partial charge is 0.488 e. The summed E-state index contributed by atoms with van der Waals surface area (Å²) in [4.78, 5) is 45.2. The molecule has 8 nitrogen and oxygen atoms in total. The number of amides is 3. The molecular formula is C28H26N4O4. The normalized spacial score (nSPS) is 20.2. The van der Waals surface area contributed by atoms with Crippen molar-refractivity contribution in [3.8, 4) is 17.0 Å². The Kier molecular flexibility index (Phi) is 5.73. The molecule has 1 aromatic heterocycles. The van der Waals surface area contributed by atoms with E-state index in [2.05, 4.69) is 21.3 Å². The Balaban J connectivity index is 1.11. The van der Waals surface area contributed by atoms with Crippen LogP contribution in [-0.2, 0) is 22.7 Å². The molecule has 2 aromatic carbocycles. The molecule has 36 heavy (non-hydrogen) atoms. The standard InChI is InChI=1S/C28H26N4O4/c33-26-9-8-25(27(34)30-26)32-15-20-13-19(6-7-23(20)28(32)35)24-12-18(10-11-29-24)14-31-16-22(17-31)36-21-4-2-1-3-5-21/h1-7,10-13,22,25H,8-9,14-17H2,(H,30,33,34). The highest BCUT2D eigenvalue weighted by molar-refractivity contribution is 6.05. The van der Waals surface area contributed by atoms with Gasteiger partial charge in [0.15, 0.2) is 0 Å². The van der Waals surface area contributed by atoms with Crippen molar-refractivity contribution >= 4 is 17.7 Å². The van der Waals surface area contributed by atoms with Crippen LogP contribution in [0.1, 0.15) is 34.3 Å². The second kappa shape index (κ2) is 9.20. The predicted octanol–water partition coefficient (Wildman–Crippen LogP) is 2.77. The topological polar surface area (TPSA) is 91.8 Å². The quantitative estimate of drug-likeness (QED) is 0.544. The molecule has 1 unspecified atom stereocenters. The highest BCUT2D eigenvalue weighted by atomic mass is 16.5. The fourth-order valence-corrected chi connectivity index (χ4v) is 5.14. The number of para-hydroxylation sites is 1. The molecule has 3 aliphatic rings. The summed E-state index contributed by atoms with van der Waals surface area (Å²) in [5, 5.41) is 2.34. The van der Waals surface area contributed by atoms with Gasteiger partial charge in [-0.1, -0.05) is 24.3 Å². The summed E-state index contributed by atoms with van der Waals surface area (Å²) in [5.74, 6) is 0.0490. The molecule has 3 aromatic rings. The number of hydrogen-bond acceptors (Lipinski definition) is 6. The molecular weight excluding hydrogens is 456 g/mol. The molecule has 4 heterocycles. The van der Waals surface area contributed by atoms with Gasteiger partial charge in [0, 0.05) is 49.9 Å². The Morgan fingerprint density at radius 1 is 1.00 bits per heavy atom. The van der Waals surface area contributed by atoms with E-state index in [1.54, 1.807) is 4.90 Å². The van der Waals surface area contributed by atoms with E-state index < -0.39 is 11.9 Å². The molecule has 1 atom stereocenters. The first-order valence-corrected chi connectivity index (χ1v) is 12.2. The zero-order chi connectivity index (χ0) is 24.6. The van der Waals surface area contributed by atoms with Crippen molar-refractivity contribution in [1.82, 2.24) is 20.1 Å². The second-order valence-corrected chi connectivity index (χ2v) is 9.57. The van der Waals surface area contributed by atoms with E-state index in [-0.39, 0.29) is 24.3 Å².